The van der Waals surface area contributed by atoms with Crippen molar-refractivity contribution in [3.63, 3.8) is 0 Å². The Hall–Kier alpha value is -0.570. The number of likely N-dealkylation sites (tertiary alicyclic amines) is 1. The number of aliphatic hydroxyl groups is 1. The molecule has 1 heterocycles. The van der Waals surface area contributed by atoms with Crippen LogP contribution in [0.1, 0.15) is 39.5 Å². The molecule has 0 spiro atoms. The molecule has 0 bridgehead atoms. The quantitative estimate of drug-likeness (QED) is 0.701. The summed E-state index contributed by atoms with van der Waals surface area (Å²) >= 11 is 0. The van der Waals surface area contributed by atoms with E-state index in [1.165, 1.54) is 0 Å². The van der Waals surface area contributed by atoms with Gasteiger partial charge in [-0.3, -0.25) is 4.79 Å². The summed E-state index contributed by atoms with van der Waals surface area (Å²) in [6.45, 7) is 4.27. The van der Waals surface area contributed by atoms with Crippen LogP contribution in [0.5, 0.6) is 0 Å². The second-order valence-corrected chi connectivity index (χ2v) is 3.99. The Morgan fingerprint density at radius 2 is 2.31 bits per heavy atom. The average Bonchev–Trinajstić information content (AvgIpc) is 2.18. The van der Waals surface area contributed by atoms with Crippen molar-refractivity contribution in [3.05, 3.63) is 0 Å². The Morgan fingerprint density at radius 3 is 2.92 bits per heavy atom. The molecule has 76 valence electrons. The fraction of sp³-hybridized carbons (Fsp3) is 0.900. The average molecular weight is 185 g/mol. The number of aliphatic hydroxyl groups excluding tert-OH is 1. The van der Waals surface area contributed by atoms with Crippen LogP contribution in [0.3, 0.4) is 0 Å². The lowest BCUT2D eigenvalue weighted by Crippen LogP contribution is -2.41. The summed E-state index contributed by atoms with van der Waals surface area (Å²) < 4.78 is 0. The minimum Gasteiger partial charge on any atom is -0.392 e. The van der Waals surface area contributed by atoms with Crippen LogP contribution in [0.2, 0.25) is 0 Å². The number of rotatable bonds is 2. The molecule has 13 heavy (non-hydrogen) atoms. The van der Waals surface area contributed by atoms with Gasteiger partial charge in [-0.05, 0) is 26.7 Å². The number of carbonyl (C=O) groups is 1. The second-order valence-electron chi connectivity index (χ2n) is 3.99. The topological polar surface area (TPSA) is 40.5 Å². The molecule has 0 aromatic rings. The third-order valence-electron chi connectivity index (χ3n) is 2.58. The van der Waals surface area contributed by atoms with Gasteiger partial charge in [0, 0.05) is 19.0 Å². The van der Waals surface area contributed by atoms with Crippen molar-refractivity contribution in [2.24, 2.45) is 0 Å². The van der Waals surface area contributed by atoms with Gasteiger partial charge in [-0.25, -0.2) is 0 Å². The molecular weight excluding hydrogens is 166 g/mol. The Morgan fingerprint density at radius 1 is 1.62 bits per heavy atom. The lowest BCUT2D eigenvalue weighted by atomic mass is 10.1. The van der Waals surface area contributed by atoms with Gasteiger partial charge in [0.2, 0.25) is 5.91 Å². The molecule has 0 aromatic heterocycles. The van der Waals surface area contributed by atoms with Gasteiger partial charge in [0.05, 0.1) is 6.10 Å². The molecule has 2 unspecified atom stereocenters. The van der Waals surface area contributed by atoms with Crippen LogP contribution in [-0.4, -0.2) is 34.6 Å². The maximum Gasteiger partial charge on any atom is 0.222 e. The lowest BCUT2D eigenvalue weighted by Gasteiger charge is -2.28. The largest absolute Gasteiger partial charge is 0.392 e. The van der Waals surface area contributed by atoms with Crippen molar-refractivity contribution < 1.29 is 9.90 Å². The molecule has 0 aromatic carbocycles. The van der Waals surface area contributed by atoms with E-state index in [4.69, 9.17) is 0 Å². The van der Waals surface area contributed by atoms with Crippen LogP contribution in [0.25, 0.3) is 0 Å². The molecule has 3 heteroatoms. The van der Waals surface area contributed by atoms with Gasteiger partial charge in [-0.1, -0.05) is 6.42 Å². The molecule has 1 N–H and O–H groups in total. The van der Waals surface area contributed by atoms with Gasteiger partial charge >= 0.3 is 0 Å². The highest BCUT2D eigenvalue weighted by Crippen LogP contribution is 2.17. The van der Waals surface area contributed by atoms with Gasteiger partial charge in [0.15, 0.2) is 0 Å². The number of carbonyl (C=O) groups excluding carboxylic acids is 1. The number of β-amino-alcohol motifs (C(OH)–C–C–N with tert-alkyl or cyclic N) is 1. The molecular formula is C10H19NO2. The minimum atomic E-state index is -0.413. The Kier molecular flexibility index (Phi) is 3.72. The molecule has 1 rings (SSSR count). The number of hydrogen-bond donors (Lipinski definition) is 1. The first kappa shape index (κ1) is 10.5. The van der Waals surface area contributed by atoms with E-state index in [-0.39, 0.29) is 5.91 Å². The van der Waals surface area contributed by atoms with Crippen LogP contribution in [0.15, 0.2) is 0 Å². The van der Waals surface area contributed by atoms with Crippen molar-refractivity contribution in [1.82, 2.24) is 4.90 Å². The summed E-state index contributed by atoms with van der Waals surface area (Å²) in [5.41, 5.74) is 0. The van der Waals surface area contributed by atoms with E-state index in [0.29, 0.717) is 19.0 Å². The third-order valence-corrected chi connectivity index (χ3v) is 2.58. The minimum absolute atomic E-state index is 0.200. The molecule has 1 aliphatic rings. The van der Waals surface area contributed by atoms with Crippen molar-refractivity contribution in [2.45, 2.75) is 51.7 Å². The monoisotopic (exact) mass is 185 g/mol. The fourth-order valence-electron chi connectivity index (χ4n) is 1.83. The van der Waals surface area contributed by atoms with Gasteiger partial charge in [-0.2, -0.15) is 0 Å². The summed E-state index contributed by atoms with van der Waals surface area (Å²) in [5.74, 6) is 0.200. The van der Waals surface area contributed by atoms with Gasteiger partial charge in [0.1, 0.15) is 0 Å². The van der Waals surface area contributed by atoms with Gasteiger partial charge in [0.25, 0.3) is 0 Å². The summed E-state index contributed by atoms with van der Waals surface area (Å²) in [6.07, 6.45) is 3.43. The van der Waals surface area contributed by atoms with Crippen molar-refractivity contribution >= 4 is 5.91 Å². The SMILES string of the molecule is CC(O)CN1C(=O)CCCCC1C. The third kappa shape index (κ3) is 2.99. The molecule has 1 saturated heterocycles. The first-order chi connectivity index (χ1) is 6.11. The Balaban J connectivity index is 2.58. The molecule has 3 nitrogen and oxygen atoms in total. The predicted molar refractivity (Wildman–Crippen MR) is 51.3 cm³/mol. The van der Waals surface area contributed by atoms with E-state index < -0.39 is 6.10 Å². The molecule has 1 aliphatic heterocycles. The smallest absolute Gasteiger partial charge is 0.222 e. The number of amides is 1. The van der Waals surface area contributed by atoms with E-state index in [1.54, 1.807) is 6.92 Å². The van der Waals surface area contributed by atoms with Gasteiger partial charge < -0.3 is 10.0 Å². The fourth-order valence-corrected chi connectivity index (χ4v) is 1.83. The summed E-state index contributed by atoms with van der Waals surface area (Å²) in [5, 5.41) is 9.24. The van der Waals surface area contributed by atoms with Crippen molar-refractivity contribution in [2.75, 3.05) is 6.54 Å². The van der Waals surface area contributed by atoms with Gasteiger partial charge in [-0.15, -0.1) is 0 Å². The molecule has 0 aliphatic carbocycles. The first-order valence-electron chi connectivity index (χ1n) is 5.09. The van der Waals surface area contributed by atoms with E-state index >= 15 is 0 Å². The lowest BCUT2D eigenvalue weighted by molar-refractivity contribution is -0.133. The highest BCUT2D eigenvalue weighted by atomic mass is 16.3. The van der Waals surface area contributed by atoms with E-state index in [1.807, 2.05) is 4.90 Å². The zero-order valence-corrected chi connectivity index (χ0v) is 8.49. The number of hydrogen-bond acceptors (Lipinski definition) is 2. The maximum absolute atomic E-state index is 11.6. The normalized spacial score (nSPS) is 27.2. The highest BCUT2D eigenvalue weighted by molar-refractivity contribution is 5.76. The van der Waals surface area contributed by atoms with Crippen molar-refractivity contribution in [3.8, 4) is 0 Å². The standard InChI is InChI=1S/C10H19NO2/c1-8-5-3-4-6-10(13)11(8)7-9(2)12/h8-9,12H,3-7H2,1-2H3. The van der Waals surface area contributed by atoms with Crippen LogP contribution in [0, 0.1) is 0 Å². The summed E-state index contributed by atoms with van der Waals surface area (Å²) in [6, 6.07) is 0.296. The van der Waals surface area contributed by atoms with E-state index in [0.717, 1.165) is 19.3 Å². The van der Waals surface area contributed by atoms with Crippen LogP contribution >= 0.6 is 0 Å². The highest BCUT2D eigenvalue weighted by Gasteiger charge is 2.23. The van der Waals surface area contributed by atoms with Crippen molar-refractivity contribution in [1.29, 1.82) is 0 Å². The van der Waals surface area contributed by atoms with Crippen LogP contribution < -0.4 is 0 Å². The summed E-state index contributed by atoms with van der Waals surface area (Å²) in [7, 11) is 0. The van der Waals surface area contributed by atoms with Crippen LogP contribution in [-0.2, 0) is 4.79 Å². The van der Waals surface area contributed by atoms with Crippen LogP contribution in [0.4, 0.5) is 0 Å². The maximum atomic E-state index is 11.6. The number of nitrogens with zero attached hydrogens (tertiary/aromatic N) is 1. The molecule has 0 radical (unpaired) electrons. The van der Waals surface area contributed by atoms with E-state index in [2.05, 4.69) is 6.92 Å². The predicted octanol–water partition coefficient (Wildman–Crippen LogP) is 1.16. The first-order valence-corrected chi connectivity index (χ1v) is 5.09. The molecule has 1 amide bonds. The van der Waals surface area contributed by atoms with E-state index in [9.17, 15) is 9.90 Å². The molecule has 1 fully saturated rings. The Bertz CT molecular complexity index is 180. The molecule has 2 atom stereocenters. The molecule has 0 saturated carbocycles. The Labute approximate surface area is 79.7 Å². The zero-order valence-electron chi connectivity index (χ0n) is 8.49. The summed E-state index contributed by atoms with van der Waals surface area (Å²) in [4.78, 5) is 13.4. The second kappa shape index (κ2) is 4.61. The zero-order chi connectivity index (χ0) is 9.84.